The molecule has 148 valence electrons. The molecule has 2 aliphatic carbocycles. The van der Waals surface area contributed by atoms with Crippen molar-refractivity contribution < 1.29 is 4.79 Å². The monoisotopic (exact) mass is 370 g/mol. The number of aryl methyl sites for hydroxylation is 1. The van der Waals surface area contributed by atoms with Gasteiger partial charge in [0.1, 0.15) is 0 Å². The number of carbonyl (C=O) groups excluding carboxylic acids is 1. The van der Waals surface area contributed by atoms with E-state index in [-0.39, 0.29) is 11.8 Å². The summed E-state index contributed by atoms with van der Waals surface area (Å²) >= 11 is 0. The number of hydrogen-bond donors (Lipinski definition) is 3. The summed E-state index contributed by atoms with van der Waals surface area (Å²) in [6.45, 7) is 5.78. The highest BCUT2D eigenvalue weighted by Gasteiger charge is 2.31. The first-order valence-electron chi connectivity index (χ1n) is 10.6. The molecule has 2 fully saturated rings. The molecule has 0 heterocycles. The largest absolute Gasteiger partial charge is 0.357 e. The quantitative estimate of drug-likeness (QED) is 0.510. The van der Waals surface area contributed by atoms with Gasteiger partial charge in [-0.3, -0.25) is 4.79 Å². The lowest BCUT2D eigenvalue weighted by molar-refractivity contribution is -0.126. The van der Waals surface area contributed by atoms with Crippen LogP contribution in [0.3, 0.4) is 0 Å². The molecular formula is C22H34N4O. The molecule has 2 unspecified atom stereocenters. The van der Waals surface area contributed by atoms with Gasteiger partial charge in [-0.1, -0.05) is 37.6 Å². The van der Waals surface area contributed by atoms with Crippen LogP contribution in [-0.2, 0) is 17.8 Å². The number of hydrogen-bond acceptors (Lipinski definition) is 2. The lowest BCUT2D eigenvalue weighted by Crippen LogP contribution is -2.47. The maximum Gasteiger partial charge on any atom is 0.223 e. The van der Waals surface area contributed by atoms with Crippen LogP contribution in [0, 0.1) is 5.92 Å². The summed E-state index contributed by atoms with van der Waals surface area (Å²) in [5, 5.41) is 10.1. The van der Waals surface area contributed by atoms with Gasteiger partial charge in [0.05, 0.1) is 6.54 Å². The number of rotatable bonds is 7. The van der Waals surface area contributed by atoms with Crippen molar-refractivity contribution in [1.82, 2.24) is 16.0 Å². The molecule has 3 N–H and O–H groups in total. The number of carbonyl (C=O) groups is 1. The normalized spacial score (nSPS) is 23.0. The molecule has 0 aromatic heterocycles. The van der Waals surface area contributed by atoms with Crippen LogP contribution in [0.15, 0.2) is 29.3 Å². The summed E-state index contributed by atoms with van der Waals surface area (Å²) < 4.78 is 0. The van der Waals surface area contributed by atoms with E-state index in [1.54, 1.807) is 0 Å². The van der Waals surface area contributed by atoms with Gasteiger partial charge in [0.15, 0.2) is 5.96 Å². The topological polar surface area (TPSA) is 65.5 Å². The second-order valence-electron chi connectivity index (χ2n) is 7.81. The van der Waals surface area contributed by atoms with E-state index in [1.165, 1.54) is 11.1 Å². The van der Waals surface area contributed by atoms with Gasteiger partial charge in [-0.25, -0.2) is 4.99 Å². The van der Waals surface area contributed by atoms with E-state index in [0.717, 1.165) is 57.5 Å². The Hall–Kier alpha value is -2.04. The van der Waals surface area contributed by atoms with Crippen LogP contribution in [-0.4, -0.2) is 30.5 Å². The molecule has 0 bridgehead atoms. The zero-order valence-electron chi connectivity index (χ0n) is 16.8. The molecule has 0 spiro atoms. The van der Waals surface area contributed by atoms with Crippen molar-refractivity contribution in [2.75, 3.05) is 6.54 Å². The maximum atomic E-state index is 12.4. The summed E-state index contributed by atoms with van der Waals surface area (Å²) in [5.74, 6) is 1.25. The van der Waals surface area contributed by atoms with Crippen LogP contribution < -0.4 is 16.0 Å². The van der Waals surface area contributed by atoms with E-state index in [1.807, 2.05) is 0 Å². The van der Waals surface area contributed by atoms with Gasteiger partial charge in [0, 0.05) is 24.5 Å². The van der Waals surface area contributed by atoms with Crippen LogP contribution in [0.25, 0.3) is 0 Å². The Morgan fingerprint density at radius 3 is 2.52 bits per heavy atom. The molecule has 5 nitrogen and oxygen atoms in total. The molecule has 3 rings (SSSR count). The highest BCUT2D eigenvalue weighted by Crippen LogP contribution is 2.26. The molecule has 2 atom stereocenters. The molecule has 2 saturated carbocycles. The van der Waals surface area contributed by atoms with Gasteiger partial charge in [-0.2, -0.15) is 0 Å². The highest BCUT2D eigenvalue weighted by atomic mass is 16.2. The number of nitrogens with zero attached hydrogens (tertiary/aromatic N) is 1. The standard InChI is InChI=1S/C22H34N4O/c1-3-16-8-5-6-9-18(16)15-24-22(23-4-2)26-20-11-7-10-17(14-20)21(27)25-19-12-13-19/h5-6,8-9,17,19-20H,3-4,7,10-15H2,1-2H3,(H,25,27)(H2,23,24,26). The van der Waals surface area contributed by atoms with Gasteiger partial charge in [0.25, 0.3) is 0 Å². The number of guanidine groups is 1. The molecule has 1 aromatic carbocycles. The molecule has 27 heavy (non-hydrogen) atoms. The fraction of sp³-hybridized carbons (Fsp3) is 0.636. The zero-order chi connectivity index (χ0) is 19.1. The Morgan fingerprint density at radius 2 is 1.81 bits per heavy atom. The third kappa shape index (κ3) is 5.98. The van der Waals surface area contributed by atoms with Crippen molar-refractivity contribution in [3.63, 3.8) is 0 Å². The van der Waals surface area contributed by atoms with E-state index in [2.05, 4.69) is 54.1 Å². The van der Waals surface area contributed by atoms with E-state index in [9.17, 15) is 4.79 Å². The smallest absolute Gasteiger partial charge is 0.223 e. The minimum Gasteiger partial charge on any atom is -0.357 e. The third-order valence-electron chi connectivity index (χ3n) is 5.56. The Kier molecular flexibility index (Phi) is 7.13. The first-order valence-corrected chi connectivity index (χ1v) is 10.6. The average molecular weight is 371 g/mol. The summed E-state index contributed by atoms with van der Waals surface area (Å²) in [4.78, 5) is 17.2. The van der Waals surface area contributed by atoms with Crippen LogP contribution in [0.2, 0.25) is 0 Å². The first-order chi connectivity index (χ1) is 13.2. The van der Waals surface area contributed by atoms with Crippen molar-refractivity contribution in [2.45, 2.75) is 77.4 Å². The summed E-state index contributed by atoms with van der Waals surface area (Å²) in [6, 6.07) is 9.26. The Labute approximate surface area is 163 Å². The van der Waals surface area contributed by atoms with E-state index >= 15 is 0 Å². The van der Waals surface area contributed by atoms with Gasteiger partial charge in [0.2, 0.25) is 5.91 Å². The maximum absolute atomic E-state index is 12.4. The molecule has 1 aromatic rings. The molecule has 1 amide bonds. The molecule has 0 radical (unpaired) electrons. The summed E-state index contributed by atoms with van der Waals surface area (Å²) in [5.41, 5.74) is 2.63. The van der Waals surface area contributed by atoms with Gasteiger partial charge >= 0.3 is 0 Å². The van der Waals surface area contributed by atoms with Gasteiger partial charge in [-0.05, 0) is 56.6 Å². The lowest BCUT2D eigenvalue weighted by atomic mass is 9.85. The highest BCUT2D eigenvalue weighted by molar-refractivity contribution is 5.81. The molecule has 0 aliphatic heterocycles. The predicted molar refractivity (Wildman–Crippen MR) is 111 cm³/mol. The van der Waals surface area contributed by atoms with Crippen LogP contribution in [0.4, 0.5) is 0 Å². The Morgan fingerprint density at radius 1 is 1.04 bits per heavy atom. The lowest BCUT2D eigenvalue weighted by Gasteiger charge is -2.30. The number of benzene rings is 1. The molecule has 0 saturated heterocycles. The fourth-order valence-corrected chi connectivity index (χ4v) is 3.84. The van der Waals surface area contributed by atoms with Gasteiger partial charge in [-0.15, -0.1) is 0 Å². The molecule has 5 heteroatoms. The van der Waals surface area contributed by atoms with Crippen molar-refractivity contribution in [3.8, 4) is 0 Å². The minimum absolute atomic E-state index is 0.139. The van der Waals surface area contributed by atoms with Crippen molar-refractivity contribution in [2.24, 2.45) is 10.9 Å². The molecule has 2 aliphatic rings. The van der Waals surface area contributed by atoms with Gasteiger partial charge < -0.3 is 16.0 Å². The summed E-state index contributed by atoms with van der Waals surface area (Å²) in [7, 11) is 0. The van der Waals surface area contributed by atoms with E-state index < -0.39 is 0 Å². The predicted octanol–water partition coefficient (Wildman–Crippen LogP) is 3.14. The van der Waals surface area contributed by atoms with Crippen molar-refractivity contribution >= 4 is 11.9 Å². The van der Waals surface area contributed by atoms with E-state index in [0.29, 0.717) is 18.6 Å². The second kappa shape index (κ2) is 9.77. The minimum atomic E-state index is 0.139. The summed E-state index contributed by atoms with van der Waals surface area (Å²) in [6.07, 6.45) is 7.42. The number of amides is 1. The number of aliphatic imine (C=N–C) groups is 1. The SMILES string of the molecule is CCNC(=NCc1ccccc1CC)NC1CCCC(C(=O)NC2CC2)C1. The third-order valence-corrected chi connectivity index (χ3v) is 5.56. The fourth-order valence-electron chi connectivity index (χ4n) is 3.84. The first kappa shape index (κ1) is 19.7. The van der Waals surface area contributed by atoms with E-state index in [4.69, 9.17) is 4.99 Å². The van der Waals surface area contributed by atoms with Crippen LogP contribution in [0.5, 0.6) is 0 Å². The second-order valence-corrected chi connectivity index (χ2v) is 7.81. The van der Waals surface area contributed by atoms with Crippen LogP contribution in [0.1, 0.15) is 63.5 Å². The zero-order valence-corrected chi connectivity index (χ0v) is 16.8. The van der Waals surface area contributed by atoms with Crippen molar-refractivity contribution in [1.29, 1.82) is 0 Å². The average Bonchev–Trinajstić information content (AvgIpc) is 3.50. The van der Waals surface area contributed by atoms with Crippen LogP contribution >= 0.6 is 0 Å². The number of nitrogens with one attached hydrogen (secondary N) is 3. The Bertz CT molecular complexity index is 653. The van der Waals surface area contributed by atoms with Crippen molar-refractivity contribution in [3.05, 3.63) is 35.4 Å². The molecular weight excluding hydrogens is 336 g/mol. The Balaban J connectivity index is 1.58.